The number of nitro benzene ring substituents is 1. The van der Waals surface area contributed by atoms with E-state index < -0.39 is 20.5 Å². The van der Waals surface area contributed by atoms with Crippen molar-refractivity contribution in [1.82, 2.24) is 8.54 Å². The predicted octanol–water partition coefficient (Wildman–Crippen LogP) is 4.22. The van der Waals surface area contributed by atoms with Gasteiger partial charge in [-0.05, 0) is 43.9 Å². The third-order valence-corrected chi connectivity index (χ3v) is 8.57. The van der Waals surface area contributed by atoms with Gasteiger partial charge in [-0.3, -0.25) is 14.9 Å². The van der Waals surface area contributed by atoms with Gasteiger partial charge in [0.25, 0.3) is 21.3 Å². The summed E-state index contributed by atoms with van der Waals surface area (Å²) in [5, 5.41) is 12.0. The molecule has 0 amide bonds. The highest BCUT2D eigenvalue weighted by Gasteiger charge is 2.26. The van der Waals surface area contributed by atoms with Gasteiger partial charge in [-0.1, -0.05) is 24.1 Å². The Morgan fingerprint density at radius 3 is 2.46 bits per heavy atom. The number of nitrogens with zero attached hydrogens (tertiary/aromatic N) is 3. The number of hydrogen-bond donors (Lipinski definition) is 1. The van der Waals surface area contributed by atoms with Crippen molar-refractivity contribution < 1.29 is 18.1 Å². The number of nitro groups is 1. The molecule has 11 heteroatoms. The minimum Gasteiger partial charge on any atom is -0.493 e. The van der Waals surface area contributed by atoms with Crippen molar-refractivity contribution in [3.63, 3.8) is 0 Å². The fraction of sp³-hybridized carbons (Fsp3) is 0.269. The van der Waals surface area contributed by atoms with Gasteiger partial charge in [-0.2, -0.15) is 0 Å². The average molecular weight is 523 g/mol. The maximum absolute atomic E-state index is 13.5. The lowest BCUT2D eigenvalue weighted by Gasteiger charge is -2.26. The van der Waals surface area contributed by atoms with E-state index in [4.69, 9.17) is 10.5 Å². The Morgan fingerprint density at radius 1 is 1.14 bits per heavy atom. The molecule has 10 nitrogen and oxygen atoms in total. The van der Waals surface area contributed by atoms with E-state index in [0.717, 1.165) is 28.8 Å². The van der Waals surface area contributed by atoms with Crippen LogP contribution in [0.25, 0.3) is 22.0 Å². The van der Waals surface area contributed by atoms with Crippen molar-refractivity contribution in [3.8, 4) is 16.9 Å². The van der Waals surface area contributed by atoms with Crippen LogP contribution in [0.4, 0.5) is 11.4 Å². The van der Waals surface area contributed by atoms with E-state index in [1.165, 1.54) is 54.3 Å². The Balaban J connectivity index is 1.73. The van der Waals surface area contributed by atoms with Crippen molar-refractivity contribution in [1.29, 1.82) is 0 Å². The molecule has 2 N–H and O–H groups in total. The zero-order valence-corrected chi connectivity index (χ0v) is 21.2. The zero-order valence-electron chi connectivity index (χ0n) is 20.4. The summed E-state index contributed by atoms with van der Waals surface area (Å²) in [7, 11) is -2.59. The molecular formula is C26H26N4O6S. The fourth-order valence-corrected chi connectivity index (χ4v) is 5.85. The van der Waals surface area contributed by atoms with Gasteiger partial charge < -0.3 is 15.0 Å². The number of rotatable bonds is 7. The molecule has 37 heavy (non-hydrogen) atoms. The Morgan fingerprint density at radius 2 is 1.84 bits per heavy atom. The molecule has 0 unspecified atom stereocenters. The lowest BCUT2D eigenvalue weighted by molar-refractivity contribution is -0.383. The first-order chi connectivity index (χ1) is 17.6. The number of fused-ring (bicyclic) bond motifs is 1. The summed E-state index contributed by atoms with van der Waals surface area (Å²) in [5.41, 5.74) is 6.69. The van der Waals surface area contributed by atoms with E-state index in [1.807, 2.05) is 6.92 Å². The Labute approximate surface area is 213 Å². The molecule has 0 bridgehead atoms. The maximum Gasteiger partial charge on any atom is 0.293 e. The Bertz CT molecular complexity index is 1700. The normalized spacial score (nSPS) is 14.0. The van der Waals surface area contributed by atoms with Crippen LogP contribution < -0.4 is 16.0 Å². The first kappa shape index (κ1) is 24.6. The summed E-state index contributed by atoms with van der Waals surface area (Å²) in [6.07, 6.45) is 6.07. The number of ether oxygens (including phenoxy) is 1. The van der Waals surface area contributed by atoms with Crippen LogP contribution in [-0.2, 0) is 17.1 Å². The lowest BCUT2D eigenvalue weighted by Crippen LogP contribution is -2.22. The van der Waals surface area contributed by atoms with Crippen molar-refractivity contribution >= 4 is 32.3 Å². The minimum atomic E-state index is -4.09. The van der Waals surface area contributed by atoms with Crippen LogP contribution in [0.5, 0.6) is 5.75 Å². The molecule has 1 aliphatic rings. The molecule has 5 rings (SSSR count). The highest BCUT2D eigenvalue weighted by atomic mass is 32.2. The number of benzene rings is 2. The molecule has 4 aromatic rings. The number of nitrogens with two attached hydrogens (primary N) is 1. The summed E-state index contributed by atoms with van der Waals surface area (Å²) < 4.78 is 35.3. The number of anilines is 1. The SMILES string of the molecule is Cc1ccc(S(=O)(=O)n2ccc3c(-c4cc([N+](=O)[O-])c(N)cc4OCC4CCC4)cn(C)c(=O)c32)cc1. The maximum atomic E-state index is 13.5. The van der Waals surface area contributed by atoms with E-state index in [1.54, 1.807) is 12.1 Å². The van der Waals surface area contributed by atoms with Crippen molar-refractivity contribution in [2.45, 2.75) is 31.1 Å². The minimum absolute atomic E-state index is 0.0377. The molecule has 192 valence electrons. The number of hydrogen-bond acceptors (Lipinski definition) is 7. The second-order valence-electron chi connectivity index (χ2n) is 9.42. The topological polar surface area (TPSA) is 139 Å². The average Bonchev–Trinajstić information content (AvgIpc) is 3.27. The van der Waals surface area contributed by atoms with Gasteiger partial charge in [-0.25, -0.2) is 12.4 Å². The summed E-state index contributed by atoms with van der Waals surface area (Å²) in [6, 6.07) is 10.6. The summed E-state index contributed by atoms with van der Waals surface area (Å²) >= 11 is 0. The smallest absolute Gasteiger partial charge is 0.293 e. The van der Waals surface area contributed by atoms with Crippen LogP contribution in [-0.4, -0.2) is 28.5 Å². The molecule has 0 spiro atoms. The van der Waals surface area contributed by atoms with Gasteiger partial charge in [0.2, 0.25) is 0 Å². The molecule has 1 fully saturated rings. The van der Waals surface area contributed by atoms with Crippen LogP contribution >= 0.6 is 0 Å². The van der Waals surface area contributed by atoms with E-state index in [-0.39, 0.29) is 21.8 Å². The number of nitrogen functional groups attached to an aromatic ring is 1. The second-order valence-corrected chi connectivity index (χ2v) is 11.2. The largest absolute Gasteiger partial charge is 0.493 e. The van der Waals surface area contributed by atoms with Crippen LogP contribution in [0.3, 0.4) is 0 Å². The van der Waals surface area contributed by atoms with Gasteiger partial charge in [0.05, 0.1) is 16.4 Å². The molecule has 1 aliphatic carbocycles. The Hall–Kier alpha value is -4.12. The Kier molecular flexibility index (Phi) is 6.03. The molecule has 1 saturated carbocycles. The van der Waals surface area contributed by atoms with Crippen LogP contribution in [0.2, 0.25) is 0 Å². The van der Waals surface area contributed by atoms with E-state index >= 15 is 0 Å². The second kappa shape index (κ2) is 9.07. The van der Waals surface area contributed by atoms with E-state index in [9.17, 15) is 23.3 Å². The molecular weight excluding hydrogens is 496 g/mol. The van der Waals surface area contributed by atoms with Crippen molar-refractivity contribution in [2.75, 3.05) is 12.3 Å². The number of aryl methyl sites for hydroxylation is 2. The third kappa shape index (κ3) is 4.25. The summed E-state index contributed by atoms with van der Waals surface area (Å²) in [4.78, 5) is 24.4. The van der Waals surface area contributed by atoms with Gasteiger partial charge >= 0.3 is 0 Å². The van der Waals surface area contributed by atoms with Crippen LogP contribution in [0.15, 0.2) is 64.5 Å². The zero-order chi connectivity index (χ0) is 26.5. The monoisotopic (exact) mass is 522 g/mol. The molecule has 2 heterocycles. The highest BCUT2D eigenvalue weighted by molar-refractivity contribution is 7.90. The molecule has 0 saturated heterocycles. The number of pyridine rings is 1. The fourth-order valence-electron chi connectivity index (χ4n) is 4.51. The molecule has 0 atom stereocenters. The quantitative estimate of drug-likeness (QED) is 0.218. The first-order valence-corrected chi connectivity index (χ1v) is 13.3. The first-order valence-electron chi connectivity index (χ1n) is 11.8. The standard InChI is InChI=1S/C26H26N4O6S/c1-16-6-8-18(9-7-16)37(34,35)29-11-10-19-21(14-28(2)26(31)25(19)29)20-12-23(30(32)33)22(27)13-24(20)36-15-17-4-3-5-17/h6-14,17H,3-5,15,27H2,1-2H3. The number of aromatic nitrogens is 2. The van der Waals surface area contributed by atoms with Gasteiger partial charge in [0.1, 0.15) is 17.0 Å². The van der Waals surface area contributed by atoms with Gasteiger partial charge in [0.15, 0.2) is 0 Å². The summed E-state index contributed by atoms with van der Waals surface area (Å²) in [6.45, 7) is 2.28. The van der Waals surface area contributed by atoms with Crippen LogP contribution in [0.1, 0.15) is 24.8 Å². The molecule has 2 aromatic heterocycles. The third-order valence-electron chi connectivity index (χ3n) is 6.88. The van der Waals surface area contributed by atoms with Gasteiger partial charge in [0, 0.05) is 48.1 Å². The highest BCUT2D eigenvalue weighted by Crippen LogP contribution is 2.41. The van der Waals surface area contributed by atoms with E-state index in [2.05, 4.69) is 0 Å². The van der Waals surface area contributed by atoms with Crippen LogP contribution in [0, 0.1) is 23.0 Å². The van der Waals surface area contributed by atoms with E-state index in [0.29, 0.717) is 34.8 Å². The van der Waals surface area contributed by atoms with Crippen molar-refractivity contribution in [3.05, 3.63) is 80.9 Å². The van der Waals surface area contributed by atoms with Gasteiger partial charge in [-0.15, -0.1) is 0 Å². The summed E-state index contributed by atoms with van der Waals surface area (Å²) in [5.74, 6) is 0.731. The molecule has 0 radical (unpaired) electrons. The van der Waals surface area contributed by atoms with Crippen molar-refractivity contribution in [2.24, 2.45) is 13.0 Å². The lowest BCUT2D eigenvalue weighted by atomic mass is 9.86. The predicted molar refractivity (Wildman–Crippen MR) is 140 cm³/mol. The molecule has 2 aromatic carbocycles. The molecule has 0 aliphatic heterocycles.